The molecular weight excluding hydrogens is 312 g/mol. The summed E-state index contributed by atoms with van der Waals surface area (Å²) in [6.07, 6.45) is 0. The molecule has 3 N–H and O–H groups in total. The second-order valence-corrected chi connectivity index (χ2v) is 6.26. The van der Waals surface area contributed by atoms with Crippen LogP contribution >= 0.6 is 0 Å². The Labute approximate surface area is 141 Å². The molecule has 132 valence electrons. The van der Waals surface area contributed by atoms with Crippen LogP contribution in [-0.4, -0.2) is 42.6 Å². The summed E-state index contributed by atoms with van der Waals surface area (Å²) >= 11 is 0. The Bertz CT molecular complexity index is 576. The molecule has 1 aromatic carbocycles. The molecule has 0 aliphatic heterocycles. The third-order valence-corrected chi connectivity index (χ3v) is 3.13. The monoisotopic (exact) mass is 336 g/mol. The fourth-order valence-corrected chi connectivity index (χ4v) is 1.70. The predicted molar refractivity (Wildman–Crippen MR) is 88.1 cm³/mol. The van der Waals surface area contributed by atoms with Gasteiger partial charge in [0.05, 0.1) is 6.54 Å². The van der Waals surface area contributed by atoms with Crippen LogP contribution in [0.5, 0.6) is 0 Å². The van der Waals surface area contributed by atoms with Crippen molar-refractivity contribution in [3.05, 3.63) is 35.4 Å². The van der Waals surface area contributed by atoms with Crippen LogP contribution in [0.1, 0.15) is 36.7 Å². The van der Waals surface area contributed by atoms with Crippen LogP contribution in [0.25, 0.3) is 0 Å². The molecule has 0 fully saturated rings. The summed E-state index contributed by atoms with van der Waals surface area (Å²) in [4.78, 5) is 34.4. The van der Waals surface area contributed by atoms with Gasteiger partial charge in [0.2, 0.25) is 5.91 Å². The third-order valence-electron chi connectivity index (χ3n) is 3.13. The molecule has 2 amide bonds. The number of rotatable bonds is 7. The normalized spacial score (nSPS) is 10.8. The summed E-state index contributed by atoms with van der Waals surface area (Å²) in [5.74, 6) is -1.06. The maximum Gasteiger partial charge on any atom is 0.331 e. The Morgan fingerprint density at radius 1 is 1.08 bits per heavy atom. The second-order valence-electron chi connectivity index (χ2n) is 6.26. The van der Waals surface area contributed by atoms with E-state index in [1.165, 1.54) is 0 Å². The number of amides is 2. The quantitative estimate of drug-likeness (QED) is 0.500. The minimum Gasteiger partial charge on any atom is -0.462 e. The Balaban J connectivity index is 2.42. The van der Waals surface area contributed by atoms with Crippen molar-refractivity contribution in [2.24, 2.45) is 5.41 Å². The third kappa shape index (κ3) is 6.78. The zero-order valence-electron chi connectivity index (χ0n) is 14.2. The number of carbonyl (C=O) groups excluding carboxylic acids is 3. The number of aliphatic hydroxyl groups excluding tert-OH is 1. The fraction of sp³-hybridized carbons (Fsp3) is 0.471. The molecule has 0 radical (unpaired) electrons. The van der Waals surface area contributed by atoms with E-state index >= 15 is 0 Å². The topological polar surface area (TPSA) is 105 Å². The average molecular weight is 336 g/mol. The maximum atomic E-state index is 11.9. The fourth-order valence-electron chi connectivity index (χ4n) is 1.70. The largest absolute Gasteiger partial charge is 0.462 e. The number of ether oxygens (including phenoxy) is 1. The number of esters is 1. The van der Waals surface area contributed by atoms with Crippen molar-refractivity contribution in [1.82, 2.24) is 10.6 Å². The molecule has 0 bridgehead atoms. The lowest BCUT2D eigenvalue weighted by Crippen LogP contribution is -2.34. The first kappa shape index (κ1) is 19.6. The van der Waals surface area contributed by atoms with Crippen LogP contribution in [0.15, 0.2) is 24.3 Å². The van der Waals surface area contributed by atoms with Gasteiger partial charge in [-0.25, -0.2) is 4.79 Å². The van der Waals surface area contributed by atoms with E-state index in [9.17, 15) is 14.4 Å². The molecule has 0 unspecified atom stereocenters. The highest BCUT2D eigenvalue weighted by Crippen LogP contribution is 2.13. The summed E-state index contributed by atoms with van der Waals surface area (Å²) in [6.45, 7) is 5.40. The minimum absolute atomic E-state index is 0.00204. The highest BCUT2D eigenvalue weighted by atomic mass is 16.5. The van der Waals surface area contributed by atoms with Crippen LogP contribution in [0, 0.1) is 5.41 Å². The SMILES string of the molecule is CC(C)(C)C(=O)NCc1ccc(C(=O)NCCOC(=O)CO)cc1. The predicted octanol–water partition coefficient (Wildman–Crippen LogP) is 0.614. The first-order chi connectivity index (χ1) is 11.2. The average Bonchev–Trinajstić information content (AvgIpc) is 2.55. The van der Waals surface area contributed by atoms with Crippen LogP contribution in [0.4, 0.5) is 0 Å². The Morgan fingerprint density at radius 3 is 2.25 bits per heavy atom. The Morgan fingerprint density at radius 2 is 1.71 bits per heavy atom. The van der Waals surface area contributed by atoms with E-state index in [2.05, 4.69) is 15.4 Å². The lowest BCUT2D eigenvalue weighted by Gasteiger charge is -2.17. The molecule has 0 atom stereocenters. The standard InChI is InChI=1S/C17H24N2O5/c1-17(2,3)16(23)19-10-12-4-6-13(7-5-12)15(22)18-8-9-24-14(21)11-20/h4-7,20H,8-11H2,1-3H3,(H,18,22)(H,19,23). The number of hydrogen-bond donors (Lipinski definition) is 3. The lowest BCUT2D eigenvalue weighted by atomic mass is 9.95. The van der Waals surface area contributed by atoms with Gasteiger partial charge >= 0.3 is 5.97 Å². The Kier molecular flexibility index (Phi) is 7.38. The van der Waals surface area contributed by atoms with Crippen molar-refractivity contribution in [3.8, 4) is 0 Å². The van der Waals surface area contributed by atoms with Gasteiger partial charge in [-0.3, -0.25) is 9.59 Å². The first-order valence-corrected chi connectivity index (χ1v) is 7.66. The molecule has 0 heterocycles. The van der Waals surface area contributed by atoms with Crippen molar-refractivity contribution in [3.63, 3.8) is 0 Å². The van der Waals surface area contributed by atoms with E-state index < -0.39 is 18.0 Å². The van der Waals surface area contributed by atoms with Gasteiger partial charge in [0, 0.05) is 17.5 Å². The van der Waals surface area contributed by atoms with Gasteiger partial charge in [0.1, 0.15) is 13.2 Å². The van der Waals surface area contributed by atoms with E-state index in [0.717, 1.165) is 5.56 Å². The van der Waals surface area contributed by atoms with E-state index in [1.54, 1.807) is 24.3 Å². The van der Waals surface area contributed by atoms with Gasteiger partial charge in [-0.05, 0) is 17.7 Å². The zero-order chi connectivity index (χ0) is 18.2. The summed E-state index contributed by atoms with van der Waals surface area (Å²) in [5.41, 5.74) is 0.912. The molecule has 0 aliphatic rings. The van der Waals surface area contributed by atoms with E-state index in [1.807, 2.05) is 20.8 Å². The zero-order valence-corrected chi connectivity index (χ0v) is 14.2. The molecule has 0 aliphatic carbocycles. The van der Waals surface area contributed by atoms with Crippen molar-refractivity contribution < 1.29 is 24.2 Å². The van der Waals surface area contributed by atoms with Gasteiger partial charge in [-0.15, -0.1) is 0 Å². The highest BCUT2D eigenvalue weighted by molar-refractivity contribution is 5.94. The van der Waals surface area contributed by atoms with Crippen molar-refractivity contribution in [1.29, 1.82) is 0 Å². The molecule has 0 aromatic heterocycles. The highest BCUT2D eigenvalue weighted by Gasteiger charge is 2.20. The molecular formula is C17H24N2O5. The molecule has 1 rings (SSSR count). The molecule has 1 aromatic rings. The lowest BCUT2D eigenvalue weighted by molar-refractivity contribution is -0.146. The number of nitrogens with one attached hydrogen (secondary N) is 2. The summed E-state index contributed by atoms with van der Waals surface area (Å²) in [7, 11) is 0. The van der Waals surface area contributed by atoms with Gasteiger partial charge < -0.3 is 20.5 Å². The molecule has 7 nitrogen and oxygen atoms in total. The van der Waals surface area contributed by atoms with Crippen LogP contribution < -0.4 is 10.6 Å². The maximum absolute atomic E-state index is 11.9. The van der Waals surface area contributed by atoms with Gasteiger partial charge in [-0.1, -0.05) is 32.9 Å². The van der Waals surface area contributed by atoms with Crippen LogP contribution in [-0.2, 0) is 20.9 Å². The molecule has 7 heteroatoms. The molecule has 0 saturated heterocycles. The Hall–Kier alpha value is -2.41. The van der Waals surface area contributed by atoms with Crippen molar-refractivity contribution in [2.75, 3.05) is 19.8 Å². The summed E-state index contributed by atoms with van der Waals surface area (Å²) < 4.78 is 4.63. The van der Waals surface area contributed by atoms with Crippen molar-refractivity contribution >= 4 is 17.8 Å². The first-order valence-electron chi connectivity index (χ1n) is 7.66. The summed E-state index contributed by atoms with van der Waals surface area (Å²) in [6, 6.07) is 6.86. The van der Waals surface area contributed by atoms with Gasteiger partial charge in [-0.2, -0.15) is 0 Å². The number of carbonyl (C=O) groups is 3. The van der Waals surface area contributed by atoms with Crippen LogP contribution in [0.3, 0.4) is 0 Å². The van der Waals surface area contributed by atoms with E-state index in [-0.39, 0.29) is 25.0 Å². The number of hydrogen-bond acceptors (Lipinski definition) is 5. The van der Waals surface area contributed by atoms with Crippen LogP contribution in [0.2, 0.25) is 0 Å². The molecule has 0 saturated carbocycles. The van der Waals surface area contributed by atoms with Gasteiger partial charge in [0.15, 0.2) is 0 Å². The second kappa shape index (κ2) is 9.02. The molecule has 24 heavy (non-hydrogen) atoms. The summed E-state index contributed by atoms with van der Waals surface area (Å²) in [5, 5.41) is 13.9. The number of aliphatic hydroxyl groups is 1. The van der Waals surface area contributed by atoms with Gasteiger partial charge in [0.25, 0.3) is 5.91 Å². The van der Waals surface area contributed by atoms with E-state index in [4.69, 9.17) is 5.11 Å². The smallest absolute Gasteiger partial charge is 0.331 e. The van der Waals surface area contributed by atoms with Crippen molar-refractivity contribution in [2.45, 2.75) is 27.3 Å². The molecule has 0 spiro atoms. The number of benzene rings is 1. The van der Waals surface area contributed by atoms with E-state index in [0.29, 0.717) is 12.1 Å². The minimum atomic E-state index is -0.731.